The van der Waals surface area contributed by atoms with Crippen molar-refractivity contribution < 1.29 is 9.21 Å². The largest absolute Gasteiger partial charge is 0.459 e. The Balaban J connectivity index is 1.60. The van der Waals surface area contributed by atoms with Gasteiger partial charge in [-0.3, -0.25) is 10.2 Å². The smallest absolute Gasteiger partial charge is 0.292 e. The number of nitrogens with one attached hydrogen (secondary N) is 2. The lowest BCUT2D eigenvalue weighted by atomic mass is 10.1. The highest BCUT2D eigenvalue weighted by Gasteiger charge is 2.17. The standard InChI is InChI=1S/C21H13Cl3N4O2S/c22-14-6-3-12(4-7-14)18-20(27-19(29)17-2-1-9-30-17)31-21(26-18)28-25-11-13-5-8-15(23)10-16(13)24/h1-11H,(H,26,28)(H,27,29)/b25-11+. The minimum Gasteiger partial charge on any atom is -0.459 e. The molecular formula is C21H13Cl3N4O2S. The highest BCUT2D eigenvalue weighted by atomic mass is 35.5. The molecule has 31 heavy (non-hydrogen) atoms. The Labute approximate surface area is 196 Å². The Bertz CT molecular complexity index is 1240. The van der Waals surface area contributed by atoms with E-state index in [1.165, 1.54) is 17.6 Å². The summed E-state index contributed by atoms with van der Waals surface area (Å²) in [5.41, 5.74) is 4.92. The van der Waals surface area contributed by atoms with Gasteiger partial charge in [0.15, 0.2) is 5.76 Å². The number of thiazole rings is 1. The molecule has 0 saturated heterocycles. The molecule has 0 radical (unpaired) electrons. The number of furan rings is 1. The van der Waals surface area contributed by atoms with Crippen LogP contribution in [-0.2, 0) is 0 Å². The monoisotopic (exact) mass is 490 g/mol. The van der Waals surface area contributed by atoms with Crippen molar-refractivity contribution in [3.63, 3.8) is 0 Å². The van der Waals surface area contributed by atoms with Crippen LogP contribution in [0.2, 0.25) is 15.1 Å². The summed E-state index contributed by atoms with van der Waals surface area (Å²) in [6, 6.07) is 15.5. The van der Waals surface area contributed by atoms with Crippen molar-refractivity contribution in [1.29, 1.82) is 0 Å². The zero-order chi connectivity index (χ0) is 21.8. The third kappa shape index (κ3) is 5.26. The number of benzene rings is 2. The summed E-state index contributed by atoms with van der Waals surface area (Å²) < 4.78 is 5.16. The normalized spacial score (nSPS) is 11.1. The van der Waals surface area contributed by atoms with Gasteiger partial charge in [-0.2, -0.15) is 5.10 Å². The molecule has 0 aliphatic carbocycles. The van der Waals surface area contributed by atoms with E-state index in [0.29, 0.717) is 36.5 Å². The van der Waals surface area contributed by atoms with Crippen LogP contribution in [0, 0.1) is 0 Å². The van der Waals surface area contributed by atoms with E-state index in [4.69, 9.17) is 39.2 Å². The molecule has 156 valence electrons. The first kappa shape index (κ1) is 21.4. The van der Waals surface area contributed by atoms with Crippen LogP contribution in [0.15, 0.2) is 70.4 Å². The first-order chi connectivity index (χ1) is 15.0. The van der Waals surface area contributed by atoms with E-state index in [1.54, 1.807) is 48.7 Å². The lowest BCUT2D eigenvalue weighted by Gasteiger charge is -2.03. The quantitative estimate of drug-likeness (QED) is 0.223. The molecule has 0 fully saturated rings. The van der Waals surface area contributed by atoms with Crippen LogP contribution in [0.1, 0.15) is 16.1 Å². The van der Waals surface area contributed by atoms with Crippen LogP contribution >= 0.6 is 46.1 Å². The number of rotatable bonds is 6. The molecule has 2 aromatic carbocycles. The van der Waals surface area contributed by atoms with Gasteiger partial charge in [0.2, 0.25) is 5.13 Å². The first-order valence-corrected chi connectivity index (χ1v) is 10.8. The number of amides is 1. The summed E-state index contributed by atoms with van der Waals surface area (Å²) in [6.45, 7) is 0. The maximum absolute atomic E-state index is 12.5. The molecule has 0 bridgehead atoms. The number of carbonyl (C=O) groups excluding carboxylic acids is 1. The van der Waals surface area contributed by atoms with Crippen LogP contribution in [0.25, 0.3) is 11.3 Å². The van der Waals surface area contributed by atoms with Crippen LogP contribution in [0.5, 0.6) is 0 Å². The molecule has 0 aliphatic heterocycles. The molecule has 2 N–H and O–H groups in total. The van der Waals surface area contributed by atoms with E-state index in [0.717, 1.165) is 5.56 Å². The fourth-order valence-corrected chi connectivity index (χ4v) is 4.01. The lowest BCUT2D eigenvalue weighted by molar-refractivity contribution is 0.0997. The number of nitrogens with zero attached hydrogens (tertiary/aromatic N) is 2. The summed E-state index contributed by atoms with van der Waals surface area (Å²) in [4.78, 5) is 17.0. The Morgan fingerprint density at radius 2 is 1.84 bits per heavy atom. The maximum Gasteiger partial charge on any atom is 0.292 e. The average molecular weight is 492 g/mol. The number of hydrogen-bond donors (Lipinski definition) is 2. The van der Waals surface area contributed by atoms with Gasteiger partial charge in [-0.1, -0.05) is 64.3 Å². The van der Waals surface area contributed by atoms with Gasteiger partial charge >= 0.3 is 0 Å². The SMILES string of the molecule is O=C(Nc1sc(N/N=C/c2ccc(Cl)cc2Cl)nc1-c1ccc(Cl)cc1)c1ccco1. The zero-order valence-corrected chi connectivity index (χ0v) is 18.7. The van der Waals surface area contributed by atoms with Gasteiger partial charge in [-0.15, -0.1) is 0 Å². The van der Waals surface area contributed by atoms with Crippen molar-refractivity contribution >= 4 is 68.4 Å². The molecule has 0 unspecified atom stereocenters. The molecule has 4 aromatic rings. The van der Waals surface area contributed by atoms with Gasteiger partial charge in [0.1, 0.15) is 10.7 Å². The molecule has 0 saturated carbocycles. The lowest BCUT2D eigenvalue weighted by Crippen LogP contribution is -2.10. The van der Waals surface area contributed by atoms with E-state index in [9.17, 15) is 4.79 Å². The van der Waals surface area contributed by atoms with Crippen LogP contribution < -0.4 is 10.7 Å². The first-order valence-electron chi connectivity index (χ1n) is 8.85. The van der Waals surface area contributed by atoms with Crippen LogP contribution in [0.4, 0.5) is 10.1 Å². The van der Waals surface area contributed by atoms with E-state index in [-0.39, 0.29) is 11.7 Å². The summed E-state index contributed by atoms with van der Waals surface area (Å²) in [6.07, 6.45) is 2.99. The predicted molar refractivity (Wildman–Crippen MR) is 127 cm³/mol. The number of anilines is 2. The summed E-state index contributed by atoms with van der Waals surface area (Å²) in [5.74, 6) is -0.188. The second kappa shape index (κ2) is 9.53. The summed E-state index contributed by atoms with van der Waals surface area (Å²) >= 11 is 19.3. The van der Waals surface area contributed by atoms with Crippen molar-refractivity contribution in [1.82, 2.24) is 4.98 Å². The Morgan fingerprint density at radius 3 is 2.55 bits per heavy atom. The maximum atomic E-state index is 12.5. The van der Waals surface area contributed by atoms with E-state index < -0.39 is 0 Å². The zero-order valence-electron chi connectivity index (χ0n) is 15.6. The number of hydrogen-bond acceptors (Lipinski definition) is 6. The highest BCUT2D eigenvalue weighted by Crippen LogP contribution is 2.36. The van der Waals surface area contributed by atoms with Crippen LogP contribution in [-0.4, -0.2) is 17.1 Å². The van der Waals surface area contributed by atoms with Crippen molar-refractivity contribution in [2.75, 3.05) is 10.7 Å². The summed E-state index contributed by atoms with van der Waals surface area (Å²) in [7, 11) is 0. The number of carbonyl (C=O) groups is 1. The van der Waals surface area contributed by atoms with Crippen molar-refractivity contribution in [3.8, 4) is 11.3 Å². The molecule has 0 aliphatic rings. The van der Waals surface area contributed by atoms with Gasteiger partial charge in [-0.05, 0) is 36.4 Å². The van der Waals surface area contributed by atoms with Crippen molar-refractivity contribution in [3.05, 3.63) is 87.3 Å². The van der Waals surface area contributed by atoms with Gasteiger partial charge < -0.3 is 9.73 Å². The molecule has 1 amide bonds. The number of hydrazone groups is 1. The second-order valence-electron chi connectivity index (χ2n) is 6.17. The third-order valence-corrected chi connectivity index (χ3v) is 5.73. The Morgan fingerprint density at radius 1 is 1.06 bits per heavy atom. The van der Waals surface area contributed by atoms with E-state index in [1.807, 2.05) is 12.1 Å². The molecule has 2 heterocycles. The topological polar surface area (TPSA) is 79.5 Å². The van der Waals surface area contributed by atoms with Crippen LogP contribution in [0.3, 0.4) is 0 Å². The average Bonchev–Trinajstić information content (AvgIpc) is 3.41. The highest BCUT2D eigenvalue weighted by molar-refractivity contribution is 7.20. The third-order valence-electron chi connectivity index (χ3n) is 4.04. The predicted octanol–water partition coefficient (Wildman–Crippen LogP) is 7.06. The molecule has 2 aromatic heterocycles. The second-order valence-corrected chi connectivity index (χ2v) is 8.45. The summed E-state index contributed by atoms with van der Waals surface area (Å²) in [5, 5.41) is 9.64. The van der Waals surface area contributed by atoms with Crippen molar-refractivity contribution in [2.24, 2.45) is 5.10 Å². The molecule has 4 rings (SSSR count). The fraction of sp³-hybridized carbons (Fsp3) is 0. The Hall–Kier alpha value is -2.84. The number of halogens is 3. The van der Waals surface area contributed by atoms with E-state index >= 15 is 0 Å². The van der Waals surface area contributed by atoms with Gasteiger partial charge in [-0.25, -0.2) is 4.98 Å². The van der Waals surface area contributed by atoms with Crippen molar-refractivity contribution in [2.45, 2.75) is 0 Å². The molecular weight excluding hydrogens is 479 g/mol. The van der Waals surface area contributed by atoms with Gasteiger partial charge in [0.05, 0.1) is 17.5 Å². The molecule has 0 atom stereocenters. The van der Waals surface area contributed by atoms with Gasteiger partial charge in [0, 0.05) is 21.2 Å². The molecule has 6 nitrogen and oxygen atoms in total. The molecule has 10 heteroatoms. The minimum absolute atomic E-state index is 0.195. The minimum atomic E-state index is -0.383. The van der Waals surface area contributed by atoms with Gasteiger partial charge in [0.25, 0.3) is 5.91 Å². The van der Waals surface area contributed by atoms with E-state index in [2.05, 4.69) is 20.8 Å². The molecule has 0 spiro atoms. The fourth-order valence-electron chi connectivity index (χ4n) is 2.59. The Kier molecular flexibility index (Phi) is 6.58. The number of aromatic nitrogens is 1.